The molecule has 1 fully saturated rings. The van der Waals surface area contributed by atoms with Gasteiger partial charge >= 0.3 is 0 Å². The second-order valence-electron chi connectivity index (χ2n) is 4.80. The minimum absolute atomic E-state index is 0.725. The summed E-state index contributed by atoms with van der Waals surface area (Å²) in [7, 11) is 1.70. The molecule has 2 unspecified atom stereocenters. The minimum Gasteiger partial charge on any atom is -0.496 e. The summed E-state index contributed by atoms with van der Waals surface area (Å²) in [6, 6.07) is 6.42. The van der Waals surface area contributed by atoms with Crippen LogP contribution in [0.25, 0.3) is 0 Å². The van der Waals surface area contributed by atoms with Crippen molar-refractivity contribution in [3.63, 3.8) is 0 Å². The molecule has 1 aromatic rings. The van der Waals surface area contributed by atoms with Crippen LogP contribution in [0.3, 0.4) is 0 Å². The normalized spacial score (nSPS) is 24.6. The largest absolute Gasteiger partial charge is 0.496 e. The smallest absolute Gasteiger partial charge is 0.133 e. The summed E-state index contributed by atoms with van der Waals surface area (Å²) in [4.78, 5) is 0.725. The van der Waals surface area contributed by atoms with Gasteiger partial charge in [0.1, 0.15) is 5.75 Å². The van der Waals surface area contributed by atoms with Gasteiger partial charge in [0.2, 0.25) is 0 Å². The van der Waals surface area contributed by atoms with E-state index in [0.29, 0.717) is 0 Å². The zero-order valence-corrected chi connectivity index (χ0v) is 13.3. The summed E-state index contributed by atoms with van der Waals surface area (Å²) in [5, 5.41) is 0. The monoisotopic (exact) mass is 360 g/mol. The first-order valence-corrected chi connectivity index (χ1v) is 7.86. The standard InChI is InChI=1S/C14H18Br2O/c1-17-14-6-5-11(9-13(14)16)7-10-3-2-4-12(15)8-10/h5-6,9-10,12H,2-4,7-8H2,1H3. The van der Waals surface area contributed by atoms with Crippen molar-refractivity contribution in [3.05, 3.63) is 28.2 Å². The predicted molar refractivity (Wildman–Crippen MR) is 79.1 cm³/mol. The van der Waals surface area contributed by atoms with E-state index in [-0.39, 0.29) is 0 Å². The maximum absolute atomic E-state index is 5.25. The second kappa shape index (κ2) is 6.24. The van der Waals surface area contributed by atoms with E-state index < -0.39 is 0 Å². The molecule has 0 amide bonds. The quantitative estimate of drug-likeness (QED) is 0.692. The Labute approximate surface area is 120 Å². The summed E-state index contributed by atoms with van der Waals surface area (Å²) >= 11 is 7.30. The van der Waals surface area contributed by atoms with Crippen LogP contribution in [0.15, 0.2) is 22.7 Å². The van der Waals surface area contributed by atoms with E-state index in [1.807, 2.05) is 6.07 Å². The summed E-state index contributed by atoms with van der Waals surface area (Å²) in [5.74, 6) is 1.74. The molecule has 0 radical (unpaired) electrons. The molecular weight excluding hydrogens is 344 g/mol. The van der Waals surface area contributed by atoms with Gasteiger partial charge in [-0.05, 0) is 58.8 Å². The number of hydrogen-bond acceptors (Lipinski definition) is 1. The molecule has 1 aliphatic carbocycles. The van der Waals surface area contributed by atoms with E-state index in [1.54, 1.807) is 7.11 Å². The van der Waals surface area contributed by atoms with Gasteiger partial charge in [0, 0.05) is 4.83 Å². The molecule has 17 heavy (non-hydrogen) atoms. The average molecular weight is 362 g/mol. The fraction of sp³-hybridized carbons (Fsp3) is 0.571. The molecule has 94 valence electrons. The van der Waals surface area contributed by atoms with Crippen LogP contribution >= 0.6 is 31.9 Å². The van der Waals surface area contributed by atoms with Crippen molar-refractivity contribution >= 4 is 31.9 Å². The lowest BCUT2D eigenvalue weighted by molar-refractivity contribution is 0.367. The molecule has 3 heteroatoms. The van der Waals surface area contributed by atoms with Gasteiger partial charge in [0.15, 0.2) is 0 Å². The fourth-order valence-electron chi connectivity index (χ4n) is 2.58. The number of alkyl halides is 1. The van der Waals surface area contributed by atoms with Crippen molar-refractivity contribution in [1.29, 1.82) is 0 Å². The van der Waals surface area contributed by atoms with Gasteiger partial charge in [0.25, 0.3) is 0 Å². The highest BCUT2D eigenvalue weighted by atomic mass is 79.9. The van der Waals surface area contributed by atoms with E-state index >= 15 is 0 Å². The Balaban J connectivity index is 2.00. The van der Waals surface area contributed by atoms with Crippen molar-refractivity contribution < 1.29 is 4.74 Å². The Morgan fingerprint density at radius 3 is 2.82 bits per heavy atom. The molecule has 0 bridgehead atoms. The van der Waals surface area contributed by atoms with Gasteiger partial charge in [0.05, 0.1) is 11.6 Å². The molecule has 1 aromatic carbocycles. The highest BCUT2D eigenvalue weighted by molar-refractivity contribution is 9.10. The van der Waals surface area contributed by atoms with E-state index in [9.17, 15) is 0 Å². The highest BCUT2D eigenvalue weighted by Crippen LogP contribution is 2.33. The number of ether oxygens (including phenoxy) is 1. The molecular formula is C14H18Br2O. The zero-order chi connectivity index (χ0) is 12.3. The van der Waals surface area contributed by atoms with Crippen LogP contribution in [-0.4, -0.2) is 11.9 Å². The zero-order valence-electron chi connectivity index (χ0n) is 10.1. The van der Waals surface area contributed by atoms with Gasteiger partial charge in [-0.2, -0.15) is 0 Å². The van der Waals surface area contributed by atoms with Crippen LogP contribution in [0.1, 0.15) is 31.2 Å². The fourth-order valence-corrected chi connectivity index (χ4v) is 4.02. The Hall–Kier alpha value is -0.0200. The molecule has 1 saturated carbocycles. The molecule has 2 rings (SSSR count). The Morgan fingerprint density at radius 2 is 2.18 bits per heavy atom. The SMILES string of the molecule is COc1ccc(CC2CCCC(Br)C2)cc1Br. The molecule has 0 aliphatic heterocycles. The van der Waals surface area contributed by atoms with Gasteiger partial charge in [-0.1, -0.05) is 34.8 Å². The lowest BCUT2D eigenvalue weighted by Gasteiger charge is -2.25. The van der Waals surface area contributed by atoms with Gasteiger partial charge in [-0.25, -0.2) is 0 Å². The van der Waals surface area contributed by atoms with E-state index in [1.165, 1.54) is 37.7 Å². The Kier molecular flexibility index (Phi) is 4.92. The minimum atomic E-state index is 0.725. The van der Waals surface area contributed by atoms with E-state index in [2.05, 4.69) is 44.0 Å². The Morgan fingerprint density at radius 1 is 1.35 bits per heavy atom. The average Bonchev–Trinajstić information content (AvgIpc) is 2.29. The summed E-state index contributed by atoms with van der Waals surface area (Å²) < 4.78 is 6.31. The predicted octanol–water partition coefficient (Wildman–Crippen LogP) is 4.95. The van der Waals surface area contributed by atoms with Crippen LogP contribution in [0.4, 0.5) is 0 Å². The number of benzene rings is 1. The molecule has 1 aliphatic rings. The van der Waals surface area contributed by atoms with Crippen molar-refractivity contribution in [3.8, 4) is 5.75 Å². The first-order valence-electron chi connectivity index (χ1n) is 6.15. The third-order valence-corrected chi connectivity index (χ3v) is 4.91. The van der Waals surface area contributed by atoms with Gasteiger partial charge in [-0.3, -0.25) is 0 Å². The number of rotatable bonds is 3. The van der Waals surface area contributed by atoms with Crippen LogP contribution in [0.5, 0.6) is 5.75 Å². The maximum Gasteiger partial charge on any atom is 0.133 e. The number of halogens is 2. The summed E-state index contributed by atoms with van der Waals surface area (Å²) in [5.41, 5.74) is 1.41. The van der Waals surface area contributed by atoms with Crippen molar-refractivity contribution in [2.24, 2.45) is 5.92 Å². The van der Waals surface area contributed by atoms with Crippen LogP contribution < -0.4 is 4.74 Å². The van der Waals surface area contributed by atoms with Crippen LogP contribution in [0.2, 0.25) is 0 Å². The van der Waals surface area contributed by atoms with Crippen molar-refractivity contribution in [1.82, 2.24) is 0 Å². The lowest BCUT2D eigenvalue weighted by atomic mass is 9.85. The van der Waals surface area contributed by atoms with Crippen molar-refractivity contribution in [2.45, 2.75) is 36.9 Å². The molecule has 0 spiro atoms. The lowest BCUT2D eigenvalue weighted by Crippen LogP contribution is -2.17. The molecule has 1 nitrogen and oxygen atoms in total. The highest BCUT2D eigenvalue weighted by Gasteiger charge is 2.20. The number of methoxy groups -OCH3 is 1. The first kappa shape index (κ1) is 13.4. The summed E-state index contributed by atoms with van der Waals surface area (Å²) in [6.07, 6.45) is 6.56. The third-order valence-electron chi connectivity index (χ3n) is 3.46. The maximum atomic E-state index is 5.25. The molecule has 0 aromatic heterocycles. The second-order valence-corrected chi connectivity index (χ2v) is 6.95. The molecule has 2 atom stereocenters. The number of hydrogen-bond donors (Lipinski definition) is 0. The van der Waals surface area contributed by atoms with Crippen molar-refractivity contribution in [2.75, 3.05) is 7.11 Å². The van der Waals surface area contributed by atoms with E-state index in [4.69, 9.17) is 4.74 Å². The van der Waals surface area contributed by atoms with E-state index in [0.717, 1.165) is 21.0 Å². The first-order chi connectivity index (χ1) is 8.19. The van der Waals surface area contributed by atoms with Crippen LogP contribution in [0, 0.1) is 5.92 Å². The molecule has 0 N–H and O–H groups in total. The van der Waals surface area contributed by atoms with Gasteiger partial charge in [-0.15, -0.1) is 0 Å². The third kappa shape index (κ3) is 3.72. The Bertz CT molecular complexity index is 378. The topological polar surface area (TPSA) is 9.23 Å². The summed E-state index contributed by atoms with van der Waals surface area (Å²) in [6.45, 7) is 0. The molecule has 0 heterocycles. The molecule has 0 saturated heterocycles. The van der Waals surface area contributed by atoms with Gasteiger partial charge < -0.3 is 4.74 Å². The van der Waals surface area contributed by atoms with Crippen LogP contribution in [-0.2, 0) is 6.42 Å².